The molecule has 0 amide bonds. The molecule has 0 heterocycles. The standard InChI is InChI=1S/C15H19N3/c16-14-8-4-5-9-15(14)18-11-10-17-12-13-6-2-1-3-7-13/h1-9,17-18H,10-12,16H2. The molecule has 0 aromatic heterocycles. The van der Waals surface area contributed by atoms with Gasteiger partial charge in [-0.15, -0.1) is 0 Å². The topological polar surface area (TPSA) is 50.1 Å². The molecule has 2 rings (SSSR count). The molecule has 0 fully saturated rings. The number of hydrogen-bond donors (Lipinski definition) is 3. The van der Waals surface area contributed by atoms with E-state index in [1.165, 1.54) is 5.56 Å². The fraction of sp³-hybridized carbons (Fsp3) is 0.200. The first-order chi connectivity index (χ1) is 8.86. The smallest absolute Gasteiger partial charge is 0.0574 e. The van der Waals surface area contributed by atoms with Gasteiger partial charge in [-0.05, 0) is 17.7 Å². The van der Waals surface area contributed by atoms with Crippen LogP contribution >= 0.6 is 0 Å². The second-order valence-corrected chi connectivity index (χ2v) is 4.18. The molecule has 0 bridgehead atoms. The third kappa shape index (κ3) is 3.79. The van der Waals surface area contributed by atoms with Gasteiger partial charge in [-0.2, -0.15) is 0 Å². The first kappa shape index (κ1) is 12.5. The van der Waals surface area contributed by atoms with Gasteiger partial charge in [-0.25, -0.2) is 0 Å². The monoisotopic (exact) mass is 241 g/mol. The van der Waals surface area contributed by atoms with Gasteiger partial charge in [0.2, 0.25) is 0 Å². The number of para-hydroxylation sites is 2. The van der Waals surface area contributed by atoms with E-state index in [0.717, 1.165) is 31.0 Å². The molecule has 3 heteroatoms. The van der Waals surface area contributed by atoms with Gasteiger partial charge in [-0.3, -0.25) is 0 Å². The van der Waals surface area contributed by atoms with E-state index in [-0.39, 0.29) is 0 Å². The number of benzene rings is 2. The van der Waals surface area contributed by atoms with Crippen LogP contribution in [0.5, 0.6) is 0 Å². The minimum atomic E-state index is 0.792. The summed E-state index contributed by atoms with van der Waals surface area (Å²) in [6, 6.07) is 18.2. The maximum absolute atomic E-state index is 5.84. The van der Waals surface area contributed by atoms with E-state index in [9.17, 15) is 0 Å². The highest BCUT2D eigenvalue weighted by Gasteiger charge is 1.95. The van der Waals surface area contributed by atoms with Crippen LogP contribution in [-0.2, 0) is 6.54 Å². The van der Waals surface area contributed by atoms with Crippen molar-refractivity contribution in [3.05, 3.63) is 60.2 Å². The number of hydrogen-bond acceptors (Lipinski definition) is 3. The Bertz CT molecular complexity index is 468. The molecule has 3 nitrogen and oxygen atoms in total. The second kappa shape index (κ2) is 6.67. The zero-order valence-electron chi connectivity index (χ0n) is 10.4. The molecule has 0 spiro atoms. The SMILES string of the molecule is Nc1ccccc1NCCNCc1ccccc1. The van der Waals surface area contributed by atoms with Crippen LogP contribution in [0.2, 0.25) is 0 Å². The molecule has 4 N–H and O–H groups in total. The van der Waals surface area contributed by atoms with Crippen molar-refractivity contribution < 1.29 is 0 Å². The molecule has 0 saturated heterocycles. The Balaban J connectivity index is 1.66. The van der Waals surface area contributed by atoms with Crippen molar-refractivity contribution in [3.63, 3.8) is 0 Å². The largest absolute Gasteiger partial charge is 0.397 e. The van der Waals surface area contributed by atoms with Crippen molar-refractivity contribution in [2.24, 2.45) is 0 Å². The lowest BCUT2D eigenvalue weighted by Gasteiger charge is -2.09. The lowest BCUT2D eigenvalue weighted by atomic mass is 10.2. The molecule has 0 saturated carbocycles. The fourth-order valence-electron chi connectivity index (χ4n) is 1.77. The van der Waals surface area contributed by atoms with Crippen molar-refractivity contribution in [3.8, 4) is 0 Å². The molecular weight excluding hydrogens is 222 g/mol. The molecular formula is C15H19N3. The molecule has 0 atom stereocenters. The number of rotatable bonds is 6. The zero-order chi connectivity index (χ0) is 12.6. The van der Waals surface area contributed by atoms with E-state index in [2.05, 4.69) is 34.9 Å². The number of nitrogen functional groups attached to an aromatic ring is 1. The number of nitrogens with one attached hydrogen (secondary N) is 2. The molecule has 0 aliphatic heterocycles. The van der Waals surface area contributed by atoms with Gasteiger partial charge >= 0.3 is 0 Å². The average Bonchev–Trinajstić information content (AvgIpc) is 2.42. The summed E-state index contributed by atoms with van der Waals surface area (Å²) >= 11 is 0. The van der Waals surface area contributed by atoms with Gasteiger partial charge < -0.3 is 16.4 Å². The summed E-state index contributed by atoms with van der Waals surface area (Å²) < 4.78 is 0. The Kier molecular flexibility index (Phi) is 4.61. The quantitative estimate of drug-likeness (QED) is 0.538. The lowest BCUT2D eigenvalue weighted by Crippen LogP contribution is -2.22. The molecule has 2 aromatic rings. The molecule has 94 valence electrons. The zero-order valence-corrected chi connectivity index (χ0v) is 10.4. The van der Waals surface area contributed by atoms with Gasteiger partial charge in [0, 0.05) is 19.6 Å². The number of nitrogens with two attached hydrogens (primary N) is 1. The third-order valence-corrected chi connectivity index (χ3v) is 2.75. The lowest BCUT2D eigenvalue weighted by molar-refractivity contribution is 0.707. The van der Waals surface area contributed by atoms with Crippen LogP contribution in [0.3, 0.4) is 0 Å². The van der Waals surface area contributed by atoms with Crippen LogP contribution in [0.4, 0.5) is 11.4 Å². The second-order valence-electron chi connectivity index (χ2n) is 4.18. The predicted octanol–water partition coefficient (Wildman–Crippen LogP) is 2.47. The van der Waals surface area contributed by atoms with E-state index in [1.807, 2.05) is 30.3 Å². The van der Waals surface area contributed by atoms with E-state index < -0.39 is 0 Å². The van der Waals surface area contributed by atoms with Gasteiger partial charge in [0.05, 0.1) is 11.4 Å². The van der Waals surface area contributed by atoms with Crippen LogP contribution in [-0.4, -0.2) is 13.1 Å². The van der Waals surface area contributed by atoms with Crippen LogP contribution in [0.15, 0.2) is 54.6 Å². The van der Waals surface area contributed by atoms with Gasteiger partial charge in [-0.1, -0.05) is 42.5 Å². The molecule has 0 unspecified atom stereocenters. The van der Waals surface area contributed by atoms with Gasteiger partial charge in [0.1, 0.15) is 0 Å². The maximum Gasteiger partial charge on any atom is 0.0574 e. The first-order valence-electron chi connectivity index (χ1n) is 6.19. The summed E-state index contributed by atoms with van der Waals surface area (Å²) in [4.78, 5) is 0. The van der Waals surface area contributed by atoms with Crippen molar-refractivity contribution in [2.45, 2.75) is 6.54 Å². The Morgan fingerprint density at radius 1 is 0.833 bits per heavy atom. The minimum absolute atomic E-state index is 0.792. The number of anilines is 2. The Hall–Kier alpha value is -2.00. The molecule has 0 radical (unpaired) electrons. The van der Waals surface area contributed by atoms with E-state index in [1.54, 1.807) is 0 Å². The third-order valence-electron chi connectivity index (χ3n) is 2.75. The van der Waals surface area contributed by atoms with Crippen molar-refractivity contribution in [1.29, 1.82) is 0 Å². The fourth-order valence-corrected chi connectivity index (χ4v) is 1.77. The van der Waals surface area contributed by atoms with Gasteiger partial charge in [0.15, 0.2) is 0 Å². The molecule has 2 aromatic carbocycles. The summed E-state index contributed by atoms with van der Waals surface area (Å²) in [5, 5.41) is 6.70. The average molecular weight is 241 g/mol. The highest BCUT2D eigenvalue weighted by Crippen LogP contribution is 2.15. The molecule has 0 aliphatic rings. The summed E-state index contributed by atoms with van der Waals surface area (Å²) in [7, 11) is 0. The van der Waals surface area contributed by atoms with Crippen molar-refractivity contribution in [1.82, 2.24) is 5.32 Å². The normalized spacial score (nSPS) is 10.2. The highest BCUT2D eigenvalue weighted by atomic mass is 15.0. The van der Waals surface area contributed by atoms with Crippen LogP contribution in [0, 0.1) is 0 Å². The van der Waals surface area contributed by atoms with Crippen LogP contribution in [0.25, 0.3) is 0 Å². The predicted molar refractivity (Wildman–Crippen MR) is 77.5 cm³/mol. The summed E-state index contributed by atoms with van der Waals surface area (Å²) in [5.41, 5.74) is 8.94. The minimum Gasteiger partial charge on any atom is -0.397 e. The van der Waals surface area contributed by atoms with E-state index in [0.29, 0.717) is 0 Å². The van der Waals surface area contributed by atoms with E-state index in [4.69, 9.17) is 5.73 Å². The van der Waals surface area contributed by atoms with Gasteiger partial charge in [0.25, 0.3) is 0 Å². The first-order valence-corrected chi connectivity index (χ1v) is 6.19. The maximum atomic E-state index is 5.84. The summed E-state index contributed by atoms with van der Waals surface area (Å²) in [5.74, 6) is 0. The summed E-state index contributed by atoms with van der Waals surface area (Å²) in [6.45, 7) is 2.66. The Morgan fingerprint density at radius 2 is 1.56 bits per heavy atom. The van der Waals surface area contributed by atoms with Crippen LogP contribution in [0.1, 0.15) is 5.56 Å². The molecule has 0 aliphatic carbocycles. The summed E-state index contributed by atoms with van der Waals surface area (Å²) in [6.07, 6.45) is 0. The van der Waals surface area contributed by atoms with Crippen molar-refractivity contribution >= 4 is 11.4 Å². The Labute approximate surface area is 108 Å². The molecule has 18 heavy (non-hydrogen) atoms. The highest BCUT2D eigenvalue weighted by molar-refractivity contribution is 5.65. The van der Waals surface area contributed by atoms with E-state index >= 15 is 0 Å². The van der Waals surface area contributed by atoms with Crippen LogP contribution < -0.4 is 16.4 Å². The van der Waals surface area contributed by atoms with Crippen molar-refractivity contribution in [2.75, 3.05) is 24.1 Å². The Morgan fingerprint density at radius 3 is 2.33 bits per heavy atom.